The van der Waals surface area contributed by atoms with Crippen molar-refractivity contribution in [2.45, 2.75) is 76.6 Å². The Morgan fingerprint density at radius 2 is 1.43 bits per heavy atom. The Balaban J connectivity index is 1.05. The molecule has 0 bridgehead atoms. The summed E-state index contributed by atoms with van der Waals surface area (Å²) in [5, 5.41) is 9.87. The van der Waals surface area contributed by atoms with Gasteiger partial charge in [0.25, 0.3) is 0 Å². The minimum Gasteiger partial charge on any atom is -0.459 e. The summed E-state index contributed by atoms with van der Waals surface area (Å²) in [4.78, 5) is 12.8. The molecule has 3 aliphatic rings. The van der Waals surface area contributed by atoms with E-state index in [4.69, 9.17) is 9.47 Å². The summed E-state index contributed by atoms with van der Waals surface area (Å²) in [7, 11) is 0. The van der Waals surface area contributed by atoms with E-state index in [1.165, 1.54) is 0 Å². The van der Waals surface area contributed by atoms with E-state index >= 15 is 8.78 Å². The summed E-state index contributed by atoms with van der Waals surface area (Å²) >= 11 is 0. The SMILES string of the molecule is CCC(O)c1ccc(-c2ccc(C(=O)OC3CCC(C4CC=C(c5ccc(C6CO6)c(F)c5F)CC4)CC3)c(F)c2F)c(F)c1F. The van der Waals surface area contributed by atoms with E-state index in [0.717, 1.165) is 55.5 Å². The van der Waals surface area contributed by atoms with Gasteiger partial charge in [-0.05, 0) is 74.8 Å². The number of carbonyl (C=O) groups is 1. The smallest absolute Gasteiger partial charge is 0.341 e. The molecule has 46 heavy (non-hydrogen) atoms. The molecule has 2 fully saturated rings. The van der Waals surface area contributed by atoms with E-state index in [9.17, 15) is 27.5 Å². The predicted octanol–water partition coefficient (Wildman–Crippen LogP) is 9.30. The Morgan fingerprint density at radius 3 is 2.07 bits per heavy atom. The fourth-order valence-corrected chi connectivity index (χ4v) is 6.87. The molecule has 1 heterocycles. The molecule has 1 saturated heterocycles. The molecule has 3 aromatic carbocycles. The van der Waals surface area contributed by atoms with Gasteiger partial charge >= 0.3 is 5.97 Å². The first kappa shape index (κ1) is 32.3. The Hall–Kier alpha value is -3.63. The zero-order valence-corrected chi connectivity index (χ0v) is 25.2. The quantitative estimate of drug-likeness (QED) is 0.151. The number of aliphatic hydroxyl groups is 1. The van der Waals surface area contributed by atoms with Gasteiger partial charge in [0.2, 0.25) is 0 Å². The lowest BCUT2D eigenvalue weighted by Crippen LogP contribution is -2.28. The van der Waals surface area contributed by atoms with Crippen molar-refractivity contribution in [1.82, 2.24) is 0 Å². The molecule has 6 rings (SSSR count). The molecular weight excluding hydrogens is 610 g/mol. The van der Waals surface area contributed by atoms with Gasteiger partial charge in [-0.15, -0.1) is 0 Å². The second kappa shape index (κ2) is 13.2. The van der Waals surface area contributed by atoms with Crippen LogP contribution in [-0.4, -0.2) is 23.8 Å². The van der Waals surface area contributed by atoms with Crippen molar-refractivity contribution in [3.8, 4) is 11.1 Å². The largest absolute Gasteiger partial charge is 0.459 e. The van der Waals surface area contributed by atoms with Crippen LogP contribution in [0.3, 0.4) is 0 Å². The van der Waals surface area contributed by atoms with E-state index in [0.29, 0.717) is 37.7 Å². The zero-order chi connectivity index (χ0) is 32.7. The Morgan fingerprint density at radius 1 is 0.804 bits per heavy atom. The number of benzene rings is 3. The third-order valence-corrected chi connectivity index (χ3v) is 9.70. The highest BCUT2D eigenvalue weighted by molar-refractivity contribution is 5.90. The summed E-state index contributed by atoms with van der Waals surface area (Å²) in [6, 6.07) is 7.38. The van der Waals surface area contributed by atoms with Crippen molar-refractivity contribution >= 4 is 11.5 Å². The lowest BCUT2D eigenvalue weighted by atomic mass is 9.72. The first-order valence-corrected chi connectivity index (χ1v) is 15.7. The fourth-order valence-electron chi connectivity index (χ4n) is 6.87. The second-order valence-electron chi connectivity index (χ2n) is 12.4. The lowest BCUT2D eigenvalue weighted by molar-refractivity contribution is 0.0123. The number of carbonyl (C=O) groups excluding carboxylic acids is 1. The number of epoxide rings is 1. The molecule has 1 aliphatic heterocycles. The van der Waals surface area contributed by atoms with Crippen LogP contribution in [0.2, 0.25) is 0 Å². The molecule has 244 valence electrons. The molecule has 1 saturated carbocycles. The van der Waals surface area contributed by atoms with Gasteiger partial charge in [0.1, 0.15) is 12.2 Å². The first-order chi connectivity index (χ1) is 22.1. The Kier molecular flexibility index (Phi) is 9.30. The molecule has 0 aromatic heterocycles. The highest BCUT2D eigenvalue weighted by Crippen LogP contribution is 2.42. The third-order valence-electron chi connectivity index (χ3n) is 9.70. The molecule has 4 nitrogen and oxygen atoms in total. The summed E-state index contributed by atoms with van der Waals surface area (Å²) in [5.41, 5.74) is -0.710. The third kappa shape index (κ3) is 6.21. The van der Waals surface area contributed by atoms with Crippen molar-refractivity contribution in [3.63, 3.8) is 0 Å². The fraction of sp³-hybridized carbons (Fsp3) is 0.417. The van der Waals surface area contributed by atoms with Crippen LogP contribution in [0, 0.1) is 46.7 Å². The van der Waals surface area contributed by atoms with Gasteiger partial charge in [0.05, 0.1) is 18.3 Å². The van der Waals surface area contributed by atoms with Crippen LogP contribution in [-0.2, 0) is 9.47 Å². The molecular formula is C36H34F6O4. The zero-order valence-electron chi connectivity index (χ0n) is 25.2. The summed E-state index contributed by atoms with van der Waals surface area (Å²) in [6.07, 6.45) is 4.77. The van der Waals surface area contributed by atoms with Gasteiger partial charge in [0.15, 0.2) is 34.9 Å². The molecule has 2 aliphatic carbocycles. The number of hydrogen-bond donors (Lipinski definition) is 1. The number of hydrogen-bond acceptors (Lipinski definition) is 4. The maximum atomic E-state index is 15.0. The summed E-state index contributed by atoms with van der Waals surface area (Å²) < 4.78 is 99.3. The van der Waals surface area contributed by atoms with Crippen molar-refractivity contribution in [1.29, 1.82) is 0 Å². The van der Waals surface area contributed by atoms with Crippen LogP contribution >= 0.6 is 0 Å². The summed E-state index contributed by atoms with van der Waals surface area (Å²) in [5.74, 6) is -7.86. The molecule has 0 amide bonds. The molecule has 10 heteroatoms. The van der Waals surface area contributed by atoms with Crippen LogP contribution in [0.25, 0.3) is 16.7 Å². The van der Waals surface area contributed by atoms with Crippen molar-refractivity contribution < 1.29 is 45.7 Å². The Bertz CT molecular complexity index is 1680. The molecule has 0 radical (unpaired) electrons. The van der Waals surface area contributed by atoms with E-state index in [-0.39, 0.29) is 29.2 Å². The standard InChI is InChI=1S/C36H34F6O4/c1-2-28(43)25-14-12-23(31(38)33(25)40)24-13-16-27(35(42)32(24)39)36(44)46-21-9-7-19(8-10-21)18-3-5-20(6-4-18)22-11-15-26(29-17-45-29)34(41)30(22)37/h5,11-16,18-19,21,28-29,43H,2-4,6-10,17H2,1H3. The molecule has 0 spiro atoms. The van der Waals surface area contributed by atoms with Crippen molar-refractivity contribution in [3.05, 3.63) is 99.6 Å². The predicted molar refractivity (Wildman–Crippen MR) is 158 cm³/mol. The van der Waals surface area contributed by atoms with Crippen LogP contribution in [0.1, 0.15) is 97.5 Å². The van der Waals surface area contributed by atoms with Gasteiger partial charge in [-0.3, -0.25) is 0 Å². The van der Waals surface area contributed by atoms with Gasteiger partial charge in [-0.1, -0.05) is 43.3 Å². The molecule has 1 N–H and O–H groups in total. The number of rotatable bonds is 8. The van der Waals surface area contributed by atoms with Gasteiger partial charge in [0, 0.05) is 27.8 Å². The number of aliphatic hydroxyl groups excluding tert-OH is 1. The lowest BCUT2D eigenvalue weighted by Gasteiger charge is -2.35. The van der Waals surface area contributed by atoms with E-state index in [2.05, 4.69) is 0 Å². The highest BCUT2D eigenvalue weighted by Gasteiger charge is 2.34. The van der Waals surface area contributed by atoms with Gasteiger partial charge in [-0.2, -0.15) is 0 Å². The highest BCUT2D eigenvalue weighted by atomic mass is 19.2. The van der Waals surface area contributed by atoms with Crippen LogP contribution in [0.5, 0.6) is 0 Å². The molecule has 3 unspecified atom stereocenters. The number of halogens is 6. The Labute approximate surface area is 263 Å². The summed E-state index contributed by atoms with van der Waals surface area (Å²) in [6.45, 7) is 1.98. The van der Waals surface area contributed by atoms with E-state index in [1.54, 1.807) is 19.1 Å². The monoisotopic (exact) mass is 644 g/mol. The number of ether oxygens (including phenoxy) is 2. The minimum absolute atomic E-state index is 0.133. The van der Waals surface area contributed by atoms with E-state index in [1.807, 2.05) is 6.08 Å². The molecule has 3 atom stereocenters. The van der Waals surface area contributed by atoms with Crippen molar-refractivity contribution in [2.75, 3.05) is 6.61 Å². The van der Waals surface area contributed by atoms with Gasteiger partial charge in [-0.25, -0.2) is 31.1 Å². The number of allylic oxidation sites excluding steroid dienone is 2. The van der Waals surface area contributed by atoms with Gasteiger partial charge < -0.3 is 14.6 Å². The van der Waals surface area contributed by atoms with Crippen LogP contribution in [0.15, 0.2) is 42.5 Å². The maximum Gasteiger partial charge on any atom is 0.341 e. The minimum atomic E-state index is -1.52. The molecule has 3 aromatic rings. The van der Waals surface area contributed by atoms with Crippen molar-refractivity contribution in [2.24, 2.45) is 11.8 Å². The second-order valence-corrected chi connectivity index (χ2v) is 12.4. The first-order valence-electron chi connectivity index (χ1n) is 15.7. The van der Waals surface area contributed by atoms with E-state index < -0.39 is 69.8 Å². The topological polar surface area (TPSA) is 59.1 Å². The normalized spacial score (nSPS) is 23.5. The van der Waals surface area contributed by atoms with Crippen LogP contribution < -0.4 is 0 Å². The van der Waals surface area contributed by atoms with Crippen LogP contribution in [0.4, 0.5) is 26.3 Å². The average Bonchev–Trinajstić information content (AvgIpc) is 3.91. The maximum absolute atomic E-state index is 15.0. The average molecular weight is 645 g/mol. The number of esters is 1.